The van der Waals surface area contributed by atoms with Crippen molar-refractivity contribution < 1.29 is 14.9 Å². The highest BCUT2D eigenvalue weighted by Crippen LogP contribution is 2.22. The molecule has 0 radical (unpaired) electrons. The van der Waals surface area contributed by atoms with Crippen LogP contribution in [-0.2, 0) is 11.2 Å². The van der Waals surface area contributed by atoms with Gasteiger partial charge < -0.3 is 16.4 Å². The van der Waals surface area contributed by atoms with Crippen LogP contribution in [-0.4, -0.2) is 18.4 Å². The van der Waals surface area contributed by atoms with E-state index in [4.69, 9.17) is 5.73 Å². The van der Waals surface area contributed by atoms with Gasteiger partial charge in [0, 0.05) is 11.5 Å². The van der Waals surface area contributed by atoms with Crippen LogP contribution in [0.3, 0.4) is 0 Å². The van der Waals surface area contributed by atoms with Crippen molar-refractivity contribution in [3.8, 4) is 0 Å². The van der Waals surface area contributed by atoms with E-state index >= 15 is 0 Å². The van der Waals surface area contributed by atoms with Crippen molar-refractivity contribution >= 4 is 28.2 Å². The molecule has 2 aromatic rings. The van der Waals surface area contributed by atoms with Crippen LogP contribution < -0.4 is 16.4 Å². The summed E-state index contributed by atoms with van der Waals surface area (Å²) in [5.74, 6) is -0.277. The lowest BCUT2D eigenvalue weighted by Crippen LogP contribution is -2.88. The molecule has 1 heterocycles. The Labute approximate surface area is 152 Å². The monoisotopic (exact) mass is 360 g/mol. The van der Waals surface area contributed by atoms with E-state index < -0.39 is 5.91 Å². The fraction of sp³-hybridized carbons (Fsp3) is 0.368. The number of rotatable bonds is 8. The molecule has 6 heteroatoms. The number of primary amides is 1. The number of nitrogens with one attached hydrogen (secondary N) is 1. The molecule has 0 saturated heterocycles. The number of hydrogen-bond acceptors (Lipinski definition) is 3. The standard InChI is InChI=1S/C19H25N3O2S/c1-4-13-5-7-14(8-6-13)17(12(2)3)21-11-16(23)22-19-15(18(20)24)9-10-25-19/h5-10,12,17,21H,4,11H2,1-3H3,(H2,20,24)(H,22,23)/p+1/t17-/m1/s1. The Morgan fingerprint density at radius 3 is 2.44 bits per heavy atom. The lowest BCUT2D eigenvalue weighted by atomic mass is 9.95. The Balaban J connectivity index is 1.99. The van der Waals surface area contributed by atoms with Crippen molar-refractivity contribution in [2.24, 2.45) is 11.7 Å². The molecule has 5 nitrogen and oxygen atoms in total. The molecule has 0 bridgehead atoms. The van der Waals surface area contributed by atoms with Gasteiger partial charge in [-0.05, 0) is 23.4 Å². The number of hydrogen-bond donors (Lipinski definition) is 3. The first-order valence-corrected chi connectivity index (χ1v) is 9.39. The second-order valence-corrected chi connectivity index (χ2v) is 7.30. The molecule has 0 saturated carbocycles. The van der Waals surface area contributed by atoms with Crippen molar-refractivity contribution in [1.82, 2.24) is 0 Å². The van der Waals surface area contributed by atoms with E-state index in [1.165, 1.54) is 22.5 Å². The number of aryl methyl sites for hydroxylation is 1. The molecule has 134 valence electrons. The first-order valence-electron chi connectivity index (χ1n) is 8.51. The molecule has 0 aliphatic carbocycles. The molecule has 0 fully saturated rings. The number of amides is 2. The van der Waals surface area contributed by atoms with Crippen LogP contribution >= 0.6 is 11.3 Å². The minimum atomic E-state index is -0.531. The molecule has 1 aromatic carbocycles. The smallest absolute Gasteiger partial charge is 0.280 e. The van der Waals surface area contributed by atoms with Crippen LogP contribution in [0.4, 0.5) is 5.00 Å². The zero-order chi connectivity index (χ0) is 18.4. The second kappa shape index (κ2) is 8.78. The summed E-state index contributed by atoms with van der Waals surface area (Å²) in [6.45, 7) is 6.72. The molecule has 1 aromatic heterocycles. The van der Waals surface area contributed by atoms with Crippen LogP contribution in [0.5, 0.6) is 0 Å². The van der Waals surface area contributed by atoms with Gasteiger partial charge in [-0.25, -0.2) is 0 Å². The Morgan fingerprint density at radius 1 is 1.20 bits per heavy atom. The van der Waals surface area contributed by atoms with Crippen LogP contribution in [0.15, 0.2) is 35.7 Å². The summed E-state index contributed by atoms with van der Waals surface area (Å²) in [6.07, 6.45) is 1.02. The van der Waals surface area contributed by atoms with Gasteiger partial charge in [0.05, 0.1) is 5.56 Å². The molecule has 0 aliphatic heterocycles. The van der Waals surface area contributed by atoms with Gasteiger partial charge in [-0.3, -0.25) is 9.59 Å². The van der Waals surface area contributed by atoms with Crippen molar-refractivity contribution in [2.45, 2.75) is 33.2 Å². The largest absolute Gasteiger partial charge is 0.366 e. The molecule has 25 heavy (non-hydrogen) atoms. The van der Waals surface area contributed by atoms with Gasteiger partial charge in [-0.1, -0.05) is 45.0 Å². The van der Waals surface area contributed by atoms with E-state index in [1.807, 2.05) is 5.32 Å². The zero-order valence-electron chi connectivity index (χ0n) is 14.9. The molecule has 1 atom stereocenters. The molecule has 0 aliphatic rings. The Morgan fingerprint density at radius 2 is 1.88 bits per heavy atom. The van der Waals surface area contributed by atoms with Crippen molar-refractivity contribution in [2.75, 3.05) is 11.9 Å². The number of benzene rings is 1. The summed E-state index contributed by atoms with van der Waals surface area (Å²) in [5, 5.41) is 7.08. The highest BCUT2D eigenvalue weighted by atomic mass is 32.1. The molecular formula is C19H26N3O2S+. The minimum Gasteiger partial charge on any atom is -0.366 e. The van der Waals surface area contributed by atoms with E-state index in [-0.39, 0.29) is 18.5 Å². The van der Waals surface area contributed by atoms with Crippen LogP contribution in [0.2, 0.25) is 0 Å². The topological polar surface area (TPSA) is 88.8 Å². The number of carbonyl (C=O) groups is 2. The molecular weight excluding hydrogens is 334 g/mol. The third-order valence-electron chi connectivity index (χ3n) is 4.23. The van der Waals surface area contributed by atoms with Crippen LogP contribution in [0.25, 0.3) is 0 Å². The fourth-order valence-electron chi connectivity index (χ4n) is 2.78. The second-order valence-electron chi connectivity index (χ2n) is 6.38. The fourth-order valence-corrected chi connectivity index (χ4v) is 3.59. The minimum absolute atomic E-state index is 0.138. The summed E-state index contributed by atoms with van der Waals surface area (Å²) >= 11 is 1.30. The van der Waals surface area contributed by atoms with E-state index in [0.717, 1.165) is 6.42 Å². The van der Waals surface area contributed by atoms with Gasteiger partial charge in [0.2, 0.25) is 0 Å². The highest BCUT2D eigenvalue weighted by molar-refractivity contribution is 7.14. The number of thiophene rings is 1. The Bertz CT molecular complexity index is 723. The van der Waals surface area contributed by atoms with Gasteiger partial charge in [-0.2, -0.15) is 0 Å². The molecule has 0 spiro atoms. The van der Waals surface area contributed by atoms with E-state index in [1.54, 1.807) is 11.4 Å². The summed E-state index contributed by atoms with van der Waals surface area (Å²) in [4.78, 5) is 23.6. The number of carbonyl (C=O) groups excluding carboxylic acids is 2. The molecule has 0 unspecified atom stereocenters. The first-order chi connectivity index (χ1) is 11.9. The van der Waals surface area contributed by atoms with E-state index in [2.05, 4.69) is 50.4 Å². The highest BCUT2D eigenvalue weighted by Gasteiger charge is 2.21. The molecule has 5 N–H and O–H groups in total. The average Bonchev–Trinajstić information content (AvgIpc) is 3.03. The number of nitrogens with two attached hydrogens (primary N) is 2. The Hall–Kier alpha value is -2.18. The summed E-state index contributed by atoms with van der Waals surface area (Å²) in [6, 6.07) is 10.4. The first kappa shape index (κ1) is 19.1. The Kier molecular flexibility index (Phi) is 6.73. The lowest BCUT2D eigenvalue weighted by molar-refractivity contribution is -0.692. The predicted molar refractivity (Wildman–Crippen MR) is 102 cm³/mol. The zero-order valence-corrected chi connectivity index (χ0v) is 15.7. The van der Waals surface area contributed by atoms with Crippen molar-refractivity contribution in [3.63, 3.8) is 0 Å². The van der Waals surface area contributed by atoms with Gasteiger partial charge in [0.15, 0.2) is 6.54 Å². The molecule has 2 rings (SSSR count). The maximum atomic E-state index is 12.3. The van der Waals surface area contributed by atoms with Crippen LogP contribution in [0.1, 0.15) is 48.3 Å². The third-order valence-corrected chi connectivity index (χ3v) is 5.06. The van der Waals surface area contributed by atoms with Crippen molar-refractivity contribution in [3.05, 3.63) is 52.4 Å². The SMILES string of the molecule is CCc1ccc([C@H]([NH2+]CC(=O)Nc2sccc2C(N)=O)C(C)C)cc1. The van der Waals surface area contributed by atoms with Crippen molar-refractivity contribution in [1.29, 1.82) is 0 Å². The summed E-state index contributed by atoms with van der Waals surface area (Å²) in [7, 11) is 0. The van der Waals surface area contributed by atoms with E-state index in [0.29, 0.717) is 16.5 Å². The van der Waals surface area contributed by atoms with Gasteiger partial charge in [0.1, 0.15) is 11.0 Å². The summed E-state index contributed by atoms with van der Waals surface area (Å²) < 4.78 is 0. The van der Waals surface area contributed by atoms with Gasteiger partial charge in [-0.15, -0.1) is 11.3 Å². The van der Waals surface area contributed by atoms with Gasteiger partial charge >= 0.3 is 0 Å². The van der Waals surface area contributed by atoms with Gasteiger partial charge in [0.25, 0.3) is 11.8 Å². The lowest BCUT2D eigenvalue weighted by Gasteiger charge is -2.19. The maximum Gasteiger partial charge on any atom is 0.280 e. The quantitative estimate of drug-likeness (QED) is 0.674. The van der Waals surface area contributed by atoms with Crippen LogP contribution in [0, 0.1) is 5.92 Å². The third kappa shape index (κ3) is 5.14. The summed E-state index contributed by atoms with van der Waals surface area (Å²) in [5.41, 5.74) is 8.18. The predicted octanol–water partition coefficient (Wildman–Crippen LogP) is 2.31. The normalized spacial score (nSPS) is 12.2. The number of anilines is 1. The average molecular weight is 361 g/mol. The van der Waals surface area contributed by atoms with E-state index in [9.17, 15) is 9.59 Å². The molecule has 2 amide bonds. The number of quaternary nitrogens is 1. The maximum absolute atomic E-state index is 12.3.